The summed E-state index contributed by atoms with van der Waals surface area (Å²) >= 11 is 0. The van der Waals surface area contributed by atoms with E-state index in [4.69, 9.17) is 5.73 Å². The number of carbonyl (C=O) groups excluding carboxylic acids is 2. The molecule has 0 fully saturated rings. The van der Waals surface area contributed by atoms with E-state index in [1.54, 1.807) is 0 Å². The van der Waals surface area contributed by atoms with E-state index in [2.05, 4.69) is 10.6 Å². The molecule has 5 heteroatoms. The van der Waals surface area contributed by atoms with Crippen molar-refractivity contribution in [2.45, 2.75) is 26.9 Å². The van der Waals surface area contributed by atoms with Gasteiger partial charge in [0.1, 0.15) is 0 Å². The van der Waals surface area contributed by atoms with E-state index in [0.717, 1.165) is 22.3 Å². The van der Waals surface area contributed by atoms with Crippen molar-refractivity contribution in [1.82, 2.24) is 5.32 Å². The quantitative estimate of drug-likeness (QED) is 0.755. The molecule has 0 unspecified atom stereocenters. The summed E-state index contributed by atoms with van der Waals surface area (Å²) in [4.78, 5) is 23.9. The van der Waals surface area contributed by atoms with Gasteiger partial charge < -0.3 is 16.4 Å². The van der Waals surface area contributed by atoms with Gasteiger partial charge in [0, 0.05) is 18.8 Å². The number of nitrogens with one attached hydrogen (secondary N) is 2. The van der Waals surface area contributed by atoms with Gasteiger partial charge in [-0.1, -0.05) is 36.4 Å². The van der Waals surface area contributed by atoms with Crippen LogP contribution in [0.15, 0.2) is 42.5 Å². The van der Waals surface area contributed by atoms with E-state index < -0.39 is 11.8 Å². The first-order chi connectivity index (χ1) is 11.0. The van der Waals surface area contributed by atoms with Crippen LogP contribution in [0.2, 0.25) is 0 Å². The number of nitrogens with two attached hydrogens (primary N) is 1. The third-order valence-electron chi connectivity index (χ3n) is 3.53. The van der Waals surface area contributed by atoms with Crippen molar-refractivity contribution in [3.05, 3.63) is 64.7 Å². The molecule has 0 radical (unpaired) electrons. The average molecular weight is 311 g/mol. The maximum absolute atomic E-state index is 12.0. The largest absolute Gasteiger partial charge is 0.344 e. The first-order valence-corrected chi connectivity index (χ1v) is 7.44. The third-order valence-corrected chi connectivity index (χ3v) is 3.53. The molecule has 0 aliphatic heterocycles. The van der Waals surface area contributed by atoms with Crippen molar-refractivity contribution in [3.8, 4) is 0 Å². The summed E-state index contributed by atoms with van der Waals surface area (Å²) < 4.78 is 0. The van der Waals surface area contributed by atoms with E-state index in [9.17, 15) is 9.59 Å². The van der Waals surface area contributed by atoms with E-state index in [1.807, 2.05) is 56.3 Å². The van der Waals surface area contributed by atoms with Gasteiger partial charge in [-0.15, -0.1) is 0 Å². The van der Waals surface area contributed by atoms with Crippen LogP contribution in [0.3, 0.4) is 0 Å². The molecule has 0 aliphatic carbocycles. The minimum atomic E-state index is -0.673. The third kappa shape index (κ3) is 4.66. The van der Waals surface area contributed by atoms with Crippen LogP contribution < -0.4 is 16.4 Å². The predicted octanol–water partition coefficient (Wildman–Crippen LogP) is 2.02. The minimum absolute atomic E-state index is 0.285. The number of hydrogen-bond donors (Lipinski definition) is 3. The van der Waals surface area contributed by atoms with Crippen LogP contribution in [0.4, 0.5) is 5.69 Å². The van der Waals surface area contributed by atoms with Crippen molar-refractivity contribution < 1.29 is 9.59 Å². The predicted molar refractivity (Wildman–Crippen MR) is 90.7 cm³/mol. The molecule has 4 N–H and O–H groups in total. The van der Waals surface area contributed by atoms with Crippen LogP contribution in [0.1, 0.15) is 22.3 Å². The van der Waals surface area contributed by atoms with Gasteiger partial charge in [-0.25, -0.2) is 0 Å². The zero-order valence-electron chi connectivity index (χ0n) is 13.3. The summed E-state index contributed by atoms with van der Waals surface area (Å²) in [5.74, 6) is -1.34. The Labute approximate surface area is 135 Å². The van der Waals surface area contributed by atoms with Crippen molar-refractivity contribution in [2.24, 2.45) is 5.73 Å². The van der Waals surface area contributed by atoms with Gasteiger partial charge in [-0.05, 0) is 42.2 Å². The Morgan fingerprint density at radius 1 is 1.00 bits per heavy atom. The highest BCUT2D eigenvalue weighted by Gasteiger charge is 2.14. The van der Waals surface area contributed by atoms with Gasteiger partial charge in [0.25, 0.3) is 0 Å². The van der Waals surface area contributed by atoms with Gasteiger partial charge >= 0.3 is 11.8 Å². The second-order valence-corrected chi connectivity index (χ2v) is 5.48. The molecule has 2 aromatic carbocycles. The summed E-state index contributed by atoms with van der Waals surface area (Å²) in [7, 11) is 0. The highest BCUT2D eigenvalue weighted by atomic mass is 16.2. The highest BCUT2D eigenvalue weighted by Crippen LogP contribution is 2.16. The standard InChI is InChI=1S/C18H21N3O2/c1-12-6-7-13(2)16(8-12)21-18(23)17(22)20-11-15-5-3-4-14(9-15)10-19/h3-9H,10-11,19H2,1-2H3,(H,20,22)(H,21,23). The van der Waals surface area contributed by atoms with Crippen molar-refractivity contribution in [2.75, 3.05) is 5.32 Å². The van der Waals surface area contributed by atoms with Crippen molar-refractivity contribution in [1.29, 1.82) is 0 Å². The zero-order valence-corrected chi connectivity index (χ0v) is 13.3. The first-order valence-electron chi connectivity index (χ1n) is 7.44. The SMILES string of the molecule is Cc1ccc(C)c(NC(=O)C(=O)NCc2cccc(CN)c2)c1. The number of carbonyl (C=O) groups is 2. The van der Waals surface area contributed by atoms with Crippen LogP contribution >= 0.6 is 0 Å². The van der Waals surface area contributed by atoms with Crippen LogP contribution in [0, 0.1) is 13.8 Å². The summed E-state index contributed by atoms with van der Waals surface area (Å²) in [5.41, 5.74) is 10.0. The Morgan fingerprint density at radius 2 is 1.74 bits per heavy atom. The topological polar surface area (TPSA) is 84.2 Å². The molecule has 23 heavy (non-hydrogen) atoms. The molecule has 0 heterocycles. The van der Waals surface area contributed by atoms with Gasteiger partial charge in [0.05, 0.1) is 0 Å². The summed E-state index contributed by atoms with van der Waals surface area (Å²) in [6.07, 6.45) is 0. The van der Waals surface area contributed by atoms with E-state index in [1.165, 1.54) is 0 Å². The second kappa shape index (κ2) is 7.56. The van der Waals surface area contributed by atoms with Crippen LogP contribution in [-0.4, -0.2) is 11.8 Å². The fraction of sp³-hybridized carbons (Fsp3) is 0.222. The smallest absolute Gasteiger partial charge is 0.313 e. The molecule has 0 bridgehead atoms. The number of benzene rings is 2. The summed E-state index contributed by atoms with van der Waals surface area (Å²) in [5, 5.41) is 5.25. The lowest BCUT2D eigenvalue weighted by atomic mass is 10.1. The Bertz CT molecular complexity index is 726. The Hall–Kier alpha value is -2.66. The molecule has 0 spiro atoms. The van der Waals surface area contributed by atoms with Gasteiger partial charge in [0.15, 0.2) is 0 Å². The molecular formula is C18H21N3O2. The molecule has 120 valence electrons. The monoisotopic (exact) mass is 311 g/mol. The number of anilines is 1. The van der Waals surface area contributed by atoms with Gasteiger partial charge in [-0.2, -0.15) is 0 Å². The summed E-state index contributed by atoms with van der Waals surface area (Å²) in [6.45, 7) is 4.53. The van der Waals surface area contributed by atoms with E-state index in [0.29, 0.717) is 12.2 Å². The van der Waals surface area contributed by atoms with E-state index in [-0.39, 0.29) is 6.54 Å². The van der Waals surface area contributed by atoms with E-state index >= 15 is 0 Å². The molecule has 2 rings (SSSR count). The lowest BCUT2D eigenvalue weighted by Crippen LogP contribution is -2.35. The molecule has 0 aromatic heterocycles. The molecule has 0 saturated carbocycles. The molecule has 2 amide bonds. The van der Waals surface area contributed by atoms with Crippen molar-refractivity contribution >= 4 is 17.5 Å². The fourth-order valence-corrected chi connectivity index (χ4v) is 2.18. The number of amides is 2. The zero-order chi connectivity index (χ0) is 16.8. The number of aryl methyl sites for hydroxylation is 2. The van der Waals surface area contributed by atoms with Crippen LogP contribution in [-0.2, 0) is 22.7 Å². The van der Waals surface area contributed by atoms with Crippen molar-refractivity contribution in [3.63, 3.8) is 0 Å². The number of hydrogen-bond acceptors (Lipinski definition) is 3. The van der Waals surface area contributed by atoms with Gasteiger partial charge in [0.2, 0.25) is 0 Å². The number of rotatable bonds is 4. The Kier molecular flexibility index (Phi) is 5.49. The van der Waals surface area contributed by atoms with Gasteiger partial charge in [-0.3, -0.25) is 9.59 Å². The average Bonchev–Trinajstić information content (AvgIpc) is 2.56. The molecule has 0 aliphatic rings. The first kappa shape index (κ1) is 16.7. The molecular weight excluding hydrogens is 290 g/mol. The normalized spacial score (nSPS) is 10.2. The Morgan fingerprint density at radius 3 is 2.48 bits per heavy atom. The maximum atomic E-state index is 12.0. The lowest BCUT2D eigenvalue weighted by molar-refractivity contribution is -0.136. The molecule has 2 aromatic rings. The van der Waals surface area contributed by atoms with Crippen LogP contribution in [0.25, 0.3) is 0 Å². The lowest BCUT2D eigenvalue weighted by Gasteiger charge is -2.10. The Balaban J connectivity index is 1.94. The maximum Gasteiger partial charge on any atom is 0.313 e. The minimum Gasteiger partial charge on any atom is -0.344 e. The second-order valence-electron chi connectivity index (χ2n) is 5.48. The fourth-order valence-electron chi connectivity index (χ4n) is 2.18. The molecule has 0 saturated heterocycles. The summed E-state index contributed by atoms with van der Waals surface area (Å²) in [6, 6.07) is 13.3. The molecule has 5 nitrogen and oxygen atoms in total. The highest BCUT2D eigenvalue weighted by molar-refractivity contribution is 6.39. The van der Waals surface area contributed by atoms with Crippen LogP contribution in [0.5, 0.6) is 0 Å². The molecule has 0 atom stereocenters.